The first-order valence-electron chi connectivity index (χ1n) is 12.3. The van der Waals surface area contributed by atoms with E-state index in [1.54, 1.807) is 56.6 Å². The van der Waals surface area contributed by atoms with Crippen molar-refractivity contribution in [3.63, 3.8) is 0 Å². The molecule has 2 heterocycles. The summed E-state index contributed by atoms with van der Waals surface area (Å²) in [4.78, 5) is 54.1. The van der Waals surface area contributed by atoms with Crippen LogP contribution in [0.3, 0.4) is 0 Å². The first-order chi connectivity index (χ1) is 18.4. The van der Waals surface area contributed by atoms with E-state index in [2.05, 4.69) is 10.3 Å². The first kappa shape index (κ1) is 27.5. The number of amides is 3. The van der Waals surface area contributed by atoms with Crippen LogP contribution in [0.5, 0.6) is 0 Å². The third-order valence-corrected chi connectivity index (χ3v) is 6.43. The number of likely N-dealkylation sites (tertiary alicyclic amines) is 1. The second-order valence-corrected chi connectivity index (χ2v) is 10.4. The molecule has 3 aromatic rings. The molecule has 0 unspecified atom stereocenters. The molecular weight excluding hydrogens is 508 g/mol. The predicted octanol–water partition coefficient (Wildman–Crippen LogP) is 2.77. The van der Waals surface area contributed by atoms with Gasteiger partial charge in [-0.1, -0.05) is 12.1 Å². The second-order valence-electron chi connectivity index (χ2n) is 10.4. The fourth-order valence-electron chi connectivity index (χ4n) is 4.52. The summed E-state index contributed by atoms with van der Waals surface area (Å²) in [5.74, 6) is -1.32. The number of benzene rings is 2. The van der Waals surface area contributed by atoms with Gasteiger partial charge in [-0.2, -0.15) is 0 Å². The van der Waals surface area contributed by atoms with Gasteiger partial charge in [0.05, 0.1) is 27.9 Å². The van der Waals surface area contributed by atoms with Crippen molar-refractivity contribution < 1.29 is 29.3 Å². The number of non-ortho nitro benzene ring substituents is 1. The minimum Gasteiger partial charge on any atom is -0.444 e. The minimum absolute atomic E-state index is 0.0213. The quantitative estimate of drug-likeness (QED) is 0.244. The molecule has 0 radical (unpaired) electrons. The summed E-state index contributed by atoms with van der Waals surface area (Å²) in [6, 6.07) is 10.7. The van der Waals surface area contributed by atoms with Crippen LogP contribution in [0.2, 0.25) is 0 Å². The molecule has 3 amide bonds. The average Bonchev–Trinajstić information content (AvgIpc) is 3.43. The Morgan fingerprint density at radius 1 is 1.15 bits per heavy atom. The standard InChI is InChI=1S/C26H30N6O7/c1-15-27-20-11-18(32(37)38)9-10-22(20)31(15)12-16-5-7-17(8-6-16)23(33)28-21-14-30(13-19(21)24(34)29-36)25(35)39-26(2,3)4/h5-11,19,21,36H,12-14H2,1-4H3,(H,28,33)(H,29,34)/t19-,21+/m0/s1. The van der Waals surface area contributed by atoms with Crippen LogP contribution < -0.4 is 10.8 Å². The Hall–Kier alpha value is -4.52. The van der Waals surface area contributed by atoms with Crippen molar-refractivity contribution in [2.24, 2.45) is 5.92 Å². The fourth-order valence-corrected chi connectivity index (χ4v) is 4.52. The van der Waals surface area contributed by atoms with Gasteiger partial charge in [-0.15, -0.1) is 0 Å². The molecule has 0 spiro atoms. The van der Waals surface area contributed by atoms with E-state index in [0.717, 1.165) is 11.1 Å². The average molecular weight is 539 g/mol. The van der Waals surface area contributed by atoms with Crippen LogP contribution in [0.4, 0.5) is 10.5 Å². The van der Waals surface area contributed by atoms with E-state index >= 15 is 0 Å². The number of aromatic nitrogens is 2. The Morgan fingerprint density at radius 2 is 1.85 bits per heavy atom. The van der Waals surface area contributed by atoms with Crippen molar-refractivity contribution in [2.45, 2.75) is 45.9 Å². The van der Waals surface area contributed by atoms with Crippen LogP contribution >= 0.6 is 0 Å². The summed E-state index contributed by atoms with van der Waals surface area (Å²) in [5, 5.41) is 23.0. The Balaban J connectivity index is 1.46. The summed E-state index contributed by atoms with van der Waals surface area (Å²) < 4.78 is 7.30. The van der Waals surface area contributed by atoms with Crippen molar-refractivity contribution in [3.8, 4) is 0 Å². The third-order valence-electron chi connectivity index (χ3n) is 6.43. The Morgan fingerprint density at radius 3 is 2.46 bits per heavy atom. The highest BCUT2D eigenvalue weighted by Crippen LogP contribution is 2.24. The zero-order valence-corrected chi connectivity index (χ0v) is 22.0. The molecule has 4 rings (SSSR count). The summed E-state index contributed by atoms with van der Waals surface area (Å²) in [5.41, 5.74) is 3.35. The van der Waals surface area contributed by atoms with Crippen LogP contribution in [0, 0.1) is 23.0 Å². The maximum Gasteiger partial charge on any atom is 0.410 e. The smallest absolute Gasteiger partial charge is 0.410 e. The highest BCUT2D eigenvalue weighted by molar-refractivity contribution is 5.95. The minimum atomic E-state index is -0.862. The molecule has 206 valence electrons. The molecule has 1 fully saturated rings. The number of imidazole rings is 1. The molecule has 13 heteroatoms. The molecule has 1 aromatic heterocycles. The van der Waals surface area contributed by atoms with E-state index in [4.69, 9.17) is 9.94 Å². The zero-order valence-electron chi connectivity index (χ0n) is 22.0. The van der Waals surface area contributed by atoms with E-state index in [0.29, 0.717) is 23.4 Å². The largest absolute Gasteiger partial charge is 0.444 e. The Labute approximate surface area is 223 Å². The number of hydroxylamine groups is 1. The Bertz CT molecular complexity index is 1430. The number of carbonyl (C=O) groups excluding carboxylic acids is 3. The van der Waals surface area contributed by atoms with Crippen LogP contribution in [0.25, 0.3) is 11.0 Å². The van der Waals surface area contributed by atoms with Gasteiger partial charge in [0.25, 0.3) is 11.6 Å². The highest BCUT2D eigenvalue weighted by atomic mass is 16.6. The van der Waals surface area contributed by atoms with Crippen molar-refractivity contribution in [3.05, 3.63) is 69.5 Å². The zero-order chi connectivity index (χ0) is 28.5. The lowest BCUT2D eigenvalue weighted by molar-refractivity contribution is -0.384. The van der Waals surface area contributed by atoms with E-state index < -0.39 is 40.4 Å². The molecule has 0 saturated carbocycles. The molecule has 3 N–H and O–H groups in total. The van der Waals surface area contributed by atoms with Crippen molar-refractivity contribution >= 4 is 34.6 Å². The molecule has 13 nitrogen and oxygen atoms in total. The maximum atomic E-state index is 13.0. The lowest BCUT2D eigenvalue weighted by atomic mass is 10.0. The number of ether oxygens (including phenoxy) is 1. The van der Waals surface area contributed by atoms with E-state index in [-0.39, 0.29) is 18.8 Å². The van der Waals surface area contributed by atoms with E-state index in [1.165, 1.54) is 17.0 Å². The fraction of sp³-hybridized carbons (Fsp3) is 0.385. The molecule has 1 aliphatic heterocycles. The normalized spacial score (nSPS) is 17.2. The highest BCUT2D eigenvalue weighted by Gasteiger charge is 2.42. The number of nitrogens with zero attached hydrogens (tertiary/aromatic N) is 4. The number of rotatable bonds is 6. The molecule has 2 atom stereocenters. The molecule has 1 saturated heterocycles. The van der Waals surface area contributed by atoms with Gasteiger partial charge in [-0.25, -0.2) is 15.3 Å². The molecule has 0 aliphatic carbocycles. The number of fused-ring (bicyclic) bond motifs is 1. The van der Waals surface area contributed by atoms with Gasteiger partial charge >= 0.3 is 6.09 Å². The summed E-state index contributed by atoms with van der Waals surface area (Å²) in [6.45, 7) is 7.46. The number of nitrogens with one attached hydrogen (secondary N) is 2. The van der Waals surface area contributed by atoms with Gasteiger partial charge in [0.2, 0.25) is 5.91 Å². The van der Waals surface area contributed by atoms with Crippen molar-refractivity contribution in [1.82, 2.24) is 25.2 Å². The SMILES string of the molecule is Cc1nc2cc([N+](=O)[O-])ccc2n1Cc1ccc(C(=O)N[C@@H]2CN(C(=O)OC(C)(C)C)C[C@@H]2C(=O)NO)cc1. The number of carbonyl (C=O) groups is 3. The maximum absolute atomic E-state index is 13.0. The lowest BCUT2D eigenvalue weighted by Crippen LogP contribution is -2.45. The topological polar surface area (TPSA) is 169 Å². The number of nitro groups is 1. The van der Waals surface area contributed by atoms with Crippen molar-refractivity contribution in [1.29, 1.82) is 0 Å². The number of nitro benzene ring substituents is 1. The molecule has 1 aliphatic rings. The predicted molar refractivity (Wildman–Crippen MR) is 139 cm³/mol. The molecule has 0 bridgehead atoms. The van der Waals surface area contributed by atoms with Gasteiger partial charge in [-0.05, 0) is 51.5 Å². The molecular formula is C26H30N6O7. The lowest BCUT2D eigenvalue weighted by Gasteiger charge is -2.24. The number of aryl methyl sites for hydroxylation is 1. The monoisotopic (exact) mass is 538 g/mol. The van der Waals surface area contributed by atoms with Crippen LogP contribution in [-0.4, -0.2) is 67.2 Å². The van der Waals surface area contributed by atoms with Gasteiger partial charge in [0.15, 0.2) is 0 Å². The van der Waals surface area contributed by atoms with E-state index in [9.17, 15) is 24.5 Å². The van der Waals surface area contributed by atoms with Crippen LogP contribution in [0.1, 0.15) is 42.5 Å². The van der Waals surface area contributed by atoms with Gasteiger partial charge < -0.3 is 19.5 Å². The van der Waals surface area contributed by atoms with Gasteiger partial charge in [-0.3, -0.25) is 24.9 Å². The summed E-state index contributed by atoms with van der Waals surface area (Å²) in [6.07, 6.45) is -0.615. The van der Waals surface area contributed by atoms with Crippen LogP contribution in [-0.2, 0) is 16.1 Å². The molecule has 39 heavy (non-hydrogen) atoms. The molecule has 2 aromatic carbocycles. The van der Waals surface area contributed by atoms with Gasteiger partial charge in [0, 0.05) is 37.3 Å². The Kier molecular flexibility index (Phi) is 7.54. The first-order valence-corrected chi connectivity index (χ1v) is 12.3. The van der Waals surface area contributed by atoms with Crippen LogP contribution in [0.15, 0.2) is 42.5 Å². The van der Waals surface area contributed by atoms with E-state index in [1.807, 2.05) is 11.5 Å². The third kappa shape index (κ3) is 6.14. The van der Waals surface area contributed by atoms with Gasteiger partial charge in [0.1, 0.15) is 11.4 Å². The van der Waals surface area contributed by atoms with Crippen molar-refractivity contribution in [2.75, 3.05) is 13.1 Å². The second kappa shape index (κ2) is 10.7. The summed E-state index contributed by atoms with van der Waals surface area (Å²) in [7, 11) is 0. The summed E-state index contributed by atoms with van der Waals surface area (Å²) >= 11 is 0. The number of hydrogen-bond donors (Lipinski definition) is 3. The number of hydrogen-bond acceptors (Lipinski definition) is 8.